The number of hydrogen-bond acceptors (Lipinski definition) is 2. The lowest BCUT2D eigenvalue weighted by atomic mass is 9.99. The molecule has 0 radical (unpaired) electrons. The summed E-state index contributed by atoms with van der Waals surface area (Å²) in [6.45, 7) is 4.20. The molecular formula is C13H14BrNS. The average molecular weight is 296 g/mol. The number of nitrogens with two attached hydrogens (primary N) is 1. The highest BCUT2D eigenvalue weighted by molar-refractivity contribution is 9.10. The average Bonchev–Trinajstić information content (AvgIpc) is 2.62. The van der Waals surface area contributed by atoms with Gasteiger partial charge in [-0.3, -0.25) is 0 Å². The fourth-order valence-corrected chi connectivity index (χ4v) is 3.22. The molecule has 84 valence electrons. The van der Waals surface area contributed by atoms with Gasteiger partial charge in [0.25, 0.3) is 0 Å². The second kappa shape index (κ2) is 4.70. The fourth-order valence-electron chi connectivity index (χ4n) is 1.84. The largest absolute Gasteiger partial charge is 0.320 e. The summed E-state index contributed by atoms with van der Waals surface area (Å²) >= 11 is 5.25. The van der Waals surface area contributed by atoms with Gasteiger partial charge in [-0.15, -0.1) is 11.3 Å². The van der Waals surface area contributed by atoms with E-state index in [9.17, 15) is 0 Å². The maximum Gasteiger partial charge on any atom is 0.0563 e. The van der Waals surface area contributed by atoms with Crippen LogP contribution < -0.4 is 5.73 Å². The first kappa shape index (κ1) is 11.8. The van der Waals surface area contributed by atoms with Gasteiger partial charge in [-0.25, -0.2) is 0 Å². The van der Waals surface area contributed by atoms with Crippen LogP contribution in [-0.2, 0) is 0 Å². The maximum absolute atomic E-state index is 6.29. The molecule has 0 aliphatic rings. The quantitative estimate of drug-likeness (QED) is 0.884. The van der Waals surface area contributed by atoms with Crippen LogP contribution in [0.3, 0.4) is 0 Å². The van der Waals surface area contributed by atoms with Gasteiger partial charge in [0.2, 0.25) is 0 Å². The zero-order chi connectivity index (χ0) is 11.7. The van der Waals surface area contributed by atoms with Gasteiger partial charge in [0.15, 0.2) is 0 Å². The third-order valence-corrected chi connectivity index (χ3v) is 3.98. The fraction of sp³-hybridized carbons (Fsp3) is 0.231. The molecule has 1 aromatic heterocycles. The number of aryl methyl sites for hydroxylation is 2. The Hall–Kier alpha value is -0.640. The monoisotopic (exact) mass is 295 g/mol. The lowest BCUT2D eigenvalue weighted by Crippen LogP contribution is -2.12. The van der Waals surface area contributed by atoms with Gasteiger partial charge in [-0.1, -0.05) is 22.0 Å². The summed E-state index contributed by atoms with van der Waals surface area (Å²) in [4.78, 5) is 1.30. The first-order valence-electron chi connectivity index (χ1n) is 5.14. The van der Waals surface area contributed by atoms with E-state index in [4.69, 9.17) is 5.73 Å². The van der Waals surface area contributed by atoms with Crippen molar-refractivity contribution in [3.8, 4) is 0 Å². The van der Waals surface area contributed by atoms with E-state index < -0.39 is 0 Å². The topological polar surface area (TPSA) is 26.0 Å². The van der Waals surface area contributed by atoms with Crippen molar-refractivity contribution in [1.82, 2.24) is 0 Å². The van der Waals surface area contributed by atoms with Crippen LogP contribution in [0.2, 0.25) is 0 Å². The molecule has 2 N–H and O–H groups in total. The summed E-state index contributed by atoms with van der Waals surface area (Å²) in [6.07, 6.45) is 0. The van der Waals surface area contributed by atoms with Gasteiger partial charge in [0.05, 0.1) is 6.04 Å². The molecule has 0 aliphatic heterocycles. The van der Waals surface area contributed by atoms with Crippen molar-refractivity contribution >= 4 is 27.3 Å². The van der Waals surface area contributed by atoms with Crippen LogP contribution in [0.5, 0.6) is 0 Å². The zero-order valence-electron chi connectivity index (χ0n) is 9.33. The molecule has 0 spiro atoms. The van der Waals surface area contributed by atoms with Gasteiger partial charge in [-0.2, -0.15) is 0 Å². The standard InChI is InChI=1S/C13H14BrNS/c1-8-5-10(7-11(14)6-8)13(15)12-3-4-16-9(12)2/h3-7,13H,15H2,1-2H3. The lowest BCUT2D eigenvalue weighted by molar-refractivity contribution is 0.866. The minimum absolute atomic E-state index is 0.0255. The molecule has 0 bridgehead atoms. The molecule has 1 aromatic carbocycles. The number of benzene rings is 1. The van der Waals surface area contributed by atoms with Gasteiger partial charge in [0.1, 0.15) is 0 Å². The Labute approximate surface area is 108 Å². The van der Waals surface area contributed by atoms with Crippen LogP contribution in [0.4, 0.5) is 0 Å². The summed E-state index contributed by atoms with van der Waals surface area (Å²) in [5.74, 6) is 0. The Morgan fingerprint density at radius 2 is 2.00 bits per heavy atom. The molecule has 1 nitrogen and oxygen atoms in total. The molecule has 0 amide bonds. The van der Waals surface area contributed by atoms with Crippen LogP contribution in [-0.4, -0.2) is 0 Å². The van der Waals surface area contributed by atoms with E-state index in [-0.39, 0.29) is 6.04 Å². The molecule has 1 unspecified atom stereocenters. The molecule has 0 fully saturated rings. The smallest absolute Gasteiger partial charge is 0.0563 e. The van der Waals surface area contributed by atoms with Crippen molar-refractivity contribution in [2.75, 3.05) is 0 Å². The molecule has 1 heterocycles. The van der Waals surface area contributed by atoms with E-state index in [1.165, 1.54) is 16.0 Å². The highest BCUT2D eigenvalue weighted by atomic mass is 79.9. The van der Waals surface area contributed by atoms with Gasteiger partial charge in [-0.05, 0) is 54.1 Å². The highest BCUT2D eigenvalue weighted by Gasteiger charge is 2.12. The molecule has 3 heteroatoms. The summed E-state index contributed by atoms with van der Waals surface area (Å²) in [7, 11) is 0. The first-order valence-corrected chi connectivity index (χ1v) is 6.82. The van der Waals surface area contributed by atoms with Crippen LogP contribution >= 0.6 is 27.3 Å². The van der Waals surface area contributed by atoms with E-state index >= 15 is 0 Å². The SMILES string of the molecule is Cc1cc(Br)cc(C(N)c2ccsc2C)c1. The second-order valence-corrected chi connectivity index (χ2v) is 6.01. The Kier molecular flexibility index (Phi) is 3.47. The van der Waals surface area contributed by atoms with Crippen molar-refractivity contribution in [1.29, 1.82) is 0 Å². The molecule has 16 heavy (non-hydrogen) atoms. The molecule has 2 rings (SSSR count). The van der Waals surface area contributed by atoms with Gasteiger partial charge >= 0.3 is 0 Å². The second-order valence-electron chi connectivity index (χ2n) is 3.97. The van der Waals surface area contributed by atoms with Crippen LogP contribution in [0.15, 0.2) is 34.1 Å². The summed E-state index contributed by atoms with van der Waals surface area (Å²) < 4.78 is 1.09. The van der Waals surface area contributed by atoms with E-state index in [2.05, 4.69) is 59.4 Å². The molecule has 0 saturated carbocycles. The number of thiophene rings is 1. The predicted octanol–water partition coefficient (Wildman–Crippen LogP) is 4.18. The van der Waals surface area contributed by atoms with E-state index in [0.29, 0.717) is 0 Å². The minimum atomic E-state index is -0.0255. The van der Waals surface area contributed by atoms with E-state index in [1.807, 2.05) is 0 Å². The van der Waals surface area contributed by atoms with E-state index in [0.717, 1.165) is 10.0 Å². The summed E-state index contributed by atoms with van der Waals surface area (Å²) in [5, 5.41) is 2.09. The van der Waals surface area contributed by atoms with E-state index in [1.54, 1.807) is 11.3 Å². The Balaban J connectivity index is 2.41. The maximum atomic E-state index is 6.29. The molecular weight excluding hydrogens is 282 g/mol. The molecule has 2 aromatic rings. The normalized spacial score (nSPS) is 12.8. The first-order chi connectivity index (χ1) is 7.58. The third kappa shape index (κ3) is 2.37. The van der Waals surface area contributed by atoms with Crippen molar-refractivity contribution in [2.45, 2.75) is 19.9 Å². The minimum Gasteiger partial charge on any atom is -0.320 e. The molecule has 0 aliphatic carbocycles. The van der Waals surface area contributed by atoms with Crippen molar-refractivity contribution < 1.29 is 0 Å². The summed E-state index contributed by atoms with van der Waals surface area (Å²) in [6, 6.07) is 8.42. The van der Waals surface area contributed by atoms with Gasteiger partial charge in [0, 0.05) is 9.35 Å². The lowest BCUT2D eigenvalue weighted by Gasteiger charge is -2.13. The van der Waals surface area contributed by atoms with Crippen LogP contribution in [0, 0.1) is 13.8 Å². The molecule has 1 atom stereocenters. The van der Waals surface area contributed by atoms with Crippen molar-refractivity contribution in [3.63, 3.8) is 0 Å². The van der Waals surface area contributed by atoms with Crippen LogP contribution in [0.25, 0.3) is 0 Å². The number of hydrogen-bond donors (Lipinski definition) is 1. The van der Waals surface area contributed by atoms with Gasteiger partial charge < -0.3 is 5.73 Å². The van der Waals surface area contributed by atoms with Crippen molar-refractivity contribution in [3.05, 3.63) is 55.7 Å². The predicted molar refractivity (Wildman–Crippen MR) is 74.0 cm³/mol. The Bertz CT molecular complexity index is 484. The molecule has 0 saturated heterocycles. The third-order valence-electron chi connectivity index (χ3n) is 2.66. The number of halogens is 1. The van der Waals surface area contributed by atoms with Crippen LogP contribution in [0.1, 0.15) is 27.6 Å². The highest BCUT2D eigenvalue weighted by Crippen LogP contribution is 2.28. The van der Waals surface area contributed by atoms with Crippen molar-refractivity contribution in [2.24, 2.45) is 5.73 Å². The Morgan fingerprint density at radius 3 is 2.56 bits per heavy atom. The Morgan fingerprint density at radius 1 is 1.25 bits per heavy atom. The number of rotatable bonds is 2. The zero-order valence-corrected chi connectivity index (χ0v) is 11.7. The summed E-state index contributed by atoms with van der Waals surface area (Å²) in [5.41, 5.74) is 9.90.